The van der Waals surface area contributed by atoms with Crippen LogP contribution in [0, 0.1) is 0 Å². The lowest BCUT2D eigenvalue weighted by atomic mass is 10.1. The first-order valence-corrected chi connectivity index (χ1v) is 8.18. The SMILES string of the molecule is CC(NC(=O)c1cc(-c2ccccc2)nc2ncnn12)c1ccn(C)n1. The Morgan fingerprint density at radius 2 is 2.00 bits per heavy atom. The summed E-state index contributed by atoms with van der Waals surface area (Å²) in [7, 11) is 1.84. The summed E-state index contributed by atoms with van der Waals surface area (Å²) in [5, 5.41) is 11.4. The Morgan fingerprint density at radius 1 is 1.19 bits per heavy atom. The number of carbonyl (C=O) groups is 1. The van der Waals surface area contributed by atoms with Gasteiger partial charge in [-0.05, 0) is 19.1 Å². The van der Waals surface area contributed by atoms with Gasteiger partial charge in [0.05, 0.1) is 17.4 Å². The lowest BCUT2D eigenvalue weighted by Crippen LogP contribution is -2.29. The Balaban J connectivity index is 1.70. The molecule has 0 radical (unpaired) electrons. The highest BCUT2D eigenvalue weighted by Gasteiger charge is 2.19. The summed E-state index contributed by atoms with van der Waals surface area (Å²) < 4.78 is 3.14. The minimum atomic E-state index is -0.266. The van der Waals surface area contributed by atoms with Gasteiger partial charge in [0.2, 0.25) is 0 Å². The van der Waals surface area contributed by atoms with E-state index in [0.717, 1.165) is 11.3 Å². The molecule has 0 bridgehead atoms. The fourth-order valence-corrected chi connectivity index (χ4v) is 2.74. The molecule has 4 rings (SSSR count). The number of aromatic nitrogens is 6. The molecular formula is C18H17N7O. The Hall–Kier alpha value is -3.55. The Bertz CT molecular complexity index is 1070. The predicted octanol–water partition coefficient (Wildman–Crippen LogP) is 2.02. The van der Waals surface area contributed by atoms with Gasteiger partial charge in [-0.2, -0.15) is 19.7 Å². The number of carbonyl (C=O) groups excluding carboxylic acids is 1. The van der Waals surface area contributed by atoms with Gasteiger partial charge in [-0.25, -0.2) is 4.98 Å². The molecule has 3 heterocycles. The van der Waals surface area contributed by atoms with Crippen molar-refractivity contribution in [2.24, 2.45) is 7.05 Å². The van der Waals surface area contributed by atoms with Gasteiger partial charge in [-0.15, -0.1) is 0 Å². The first-order valence-electron chi connectivity index (χ1n) is 8.18. The number of hydrogen-bond acceptors (Lipinski definition) is 5. The van der Waals surface area contributed by atoms with Crippen LogP contribution in [0.4, 0.5) is 0 Å². The molecule has 3 aromatic heterocycles. The molecule has 0 saturated heterocycles. The van der Waals surface area contributed by atoms with Crippen molar-refractivity contribution in [2.45, 2.75) is 13.0 Å². The average molecular weight is 347 g/mol. The van der Waals surface area contributed by atoms with Gasteiger partial charge in [0.1, 0.15) is 12.0 Å². The van der Waals surface area contributed by atoms with Crippen molar-refractivity contribution >= 4 is 11.7 Å². The maximum atomic E-state index is 12.9. The first-order chi connectivity index (χ1) is 12.6. The van der Waals surface area contributed by atoms with E-state index in [4.69, 9.17) is 0 Å². The van der Waals surface area contributed by atoms with Gasteiger partial charge >= 0.3 is 0 Å². The number of nitrogens with one attached hydrogen (secondary N) is 1. The van der Waals surface area contributed by atoms with Crippen LogP contribution < -0.4 is 5.32 Å². The van der Waals surface area contributed by atoms with Crippen molar-refractivity contribution in [3.8, 4) is 11.3 Å². The Kier molecular flexibility index (Phi) is 3.92. The van der Waals surface area contributed by atoms with E-state index in [2.05, 4.69) is 25.5 Å². The minimum Gasteiger partial charge on any atom is -0.343 e. The summed E-state index contributed by atoms with van der Waals surface area (Å²) in [6, 6.07) is 13.0. The molecule has 8 heteroatoms. The van der Waals surface area contributed by atoms with Crippen molar-refractivity contribution < 1.29 is 4.79 Å². The predicted molar refractivity (Wildman–Crippen MR) is 95.3 cm³/mol. The molecule has 130 valence electrons. The maximum Gasteiger partial charge on any atom is 0.270 e. The van der Waals surface area contributed by atoms with Gasteiger partial charge in [-0.3, -0.25) is 9.48 Å². The lowest BCUT2D eigenvalue weighted by Gasteiger charge is -2.13. The molecule has 0 aliphatic carbocycles. The largest absolute Gasteiger partial charge is 0.343 e. The molecular weight excluding hydrogens is 330 g/mol. The second kappa shape index (κ2) is 6.40. The fraction of sp³-hybridized carbons (Fsp3) is 0.167. The number of fused-ring (bicyclic) bond motifs is 1. The van der Waals surface area contributed by atoms with Gasteiger partial charge in [0.25, 0.3) is 11.7 Å². The summed E-state index contributed by atoms with van der Waals surface area (Å²) in [6.45, 7) is 1.89. The van der Waals surface area contributed by atoms with E-state index in [1.807, 2.05) is 56.6 Å². The molecule has 0 aliphatic heterocycles. The quantitative estimate of drug-likeness (QED) is 0.610. The van der Waals surface area contributed by atoms with Gasteiger partial charge < -0.3 is 5.32 Å². The van der Waals surface area contributed by atoms with E-state index in [0.29, 0.717) is 17.2 Å². The van der Waals surface area contributed by atoms with E-state index in [9.17, 15) is 4.79 Å². The number of benzene rings is 1. The smallest absolute Gasteiger partial charge is 0.270 e. The third kappa shape index (κ3) is 2.92. The number of aryl methyl sites for hydroxylation is 1. The molecule has 1 aromatic carbocycles. The Morgan fingerprint density at radius 3 is 2.73 bits per heavy atom. The number of nitrogens with zero attached hydrogens (tertiary/aromatic N) is 6. The molecule has 1 atom stereocenters. The normalized spacial score (nSPS) is 12.2. The summed E-state index contributed by atoms with van der Waals surface area (Å²) in [5.74, 6) is 0.111. The molecule has 8 nitrogen and oxygen atoms in total. The second-order valence-electron chi connectivity index (χ2n) is 5.97. The zero-order valence-electron chi connectivity index (χ0n) is 14.4. The third-order valence-corrected chi connectivity index (χ3v) is 4.08. The molecule has 0 spiro atoms. The van der Waals surface area contributed by atoms with E-state index in [-0.39, 0.29) is 11.9 Å². The van der Waals surface area contributed by atoms with Crippen LogP contribution in [0.1, 0.15) is 29.1 Å². The maximum absolute atomic E-state index is 12.9. The average Bonchev–Trinajstić information content (AvgIpc) is 3.30. The van der Waals surface area contributed by atoms with Crippen LogP contribution in [0.25, 0.3) is 17.0 Å². The van der Waals surface area contributed by atoms with Crippen LogP contribution in [0.5, 0.6) is 0 Å². The van der Waals surface area contributed by atoms with Crippen LogP contribution in [-0.4, -0.2) is 35.3 Å². The van der Waals surface area contributed by atoms with Crippen LogP contribution in [-0.2, 0) is 7.05 Å². The zero-order chi connectivity index (χ0) is 18.1. The molecule has 0 aliphatic rings. The van der Waals surface area contributed by atoms with Crippen molar-refractivity contribution in [3.05, 3.63) is 66.4 Å². The molecule has 0 saturated carbocycles. The summed E-state index contributed by atoms with van der Waals surface area (Å²) in [6.07, 6.45) is 3.23. The molecule has 1 unspecified atom stereocenters. The number of rotatable bonds is 4. The summed E-state index contributed by atoms with van der Waals surface area (Å²) in [5.41, 5.74) is 2.73. The van der Waals surface area contributed by atoms with Crippen molar-refractivity contribution in [1.29, 1.82) is 0 Å². The summed E-state index contributed by atoms with van der Waals surface area (Å²) >= 11 is 0. The van der Waals surface area contributed by atoms with E-state index < -0.39 is 0 Å². The van der Waals surface area contributed by atoms with Crippen molar-refractivity contribution in [3.63, 3.8) is 0 Å². The van der Waals surface area contributed by atoms with Crippen LogP contribution >= 0.6 is 0 Å². The molecule has 1 amide bonds. The lowest BCUT2D eigenvalue weighted by molar-refractivity contribution is 0.0931. The van der Waals surface area contributed by atoms with E-state index >= 15 is 0 Å². The zero-order valence-corrected chi connectivity index (χ0v) is 14.4. The first kappa shape index (κ1) is 15.9. The van der Waals surface area contributed by atoms with Crippen LogP contribution in [0.15, 0.2) is 55.0 Å². The van der Waals surface area contributed by atoms with Gasteiger partial charge in [0, 0.05) is 18.8 Å². The molecule has 26 heavy (non-hydrogen) atoms. The van der Waals surface area contributed by atoms with E-state index in [1.54, 1.807) is 10.7 Å². The third-order valence-electron chi connectivity index (χ3n) is 4.08. The second-order valence-corrected chi connectivity index (χ2v) is 5.97. The highest BCUT2D eigenvalue weighted by atomic mass is 16.2. The standard InChI is InChI=1S/C18H17N7O/c1-12(14-8-9-24(2)23-14)21-17(26)16-10-15(13-6-4-3-5-7-13)22-18-19-11-20-25(16)18/h3-12H,1-2H3,(H,21,26). The van der Waals surface area contributed by atoms with Crippen LogP contribution in [0.3, 0.4) is 0 Å². The number of amides is 1. The Labute approximate surface area is 149 Å². The molecule has 1 N–H and O–H groups in total. The van der Waals surface area contributed by atoms with Crippen molar-refractivity contribution in [1.82, 2.24) is 34.7 Å². The highest BCUT2D eigenvalue weighted by molar-refractivity contribution is 5.94. The van der Waals surface area contributed by atoms with Gasteiger partial charge in [-0.1, -0.05) is 30.3 Å². The highest BCUT2D eigenvalue weighted by Crippen LogP contribution is 2.19. The van der Waals surface area contributed by atoms with E-state index in [1.165, 1.54) is 10.8 Å². The fourth-order valence-electron chi connectivity index (χ4n) is 2.74. The molecule has 0 fully saturated rings. The summed E-state index contributed by atoms with van der Waals surface area (Å²) in [4.78, 5) is 21.5. The monoisotopic (exact) mass is 347 g/mol. The number of hydrogen-bond donors (Lipinski definition) is 1. The van der Waals surface area contributed by atoms with Gasteiger partial charge in [0.15, 0.2) is 0 Å². The molecule has 4 aromatic rings. The minimum absolute atomic E-state index is 0.240. The topological polar surface area (TPSA) is 90.0 Å². The van der Waals surface area contributed by atoms with Crippen molar-refractivity contribution in [2.75, 3.05) is 0 Å². The van der Waals surface area contributed by atoms with Crippen LogP contribution in [0.2, 0.25) is 0 Å².